The molecular weight excluding hydrogens is 328 g/mol. The molecule has 1 fully saturated rings. The van der Waals surface area contributed by atoms with E-state index in [1.807, 2.05) is 61.5 Å². The summed E-state index contributed by atoms with van der Waals surface area (Å²) in [4.78, 5) is 27.0. The largest absolute Gasteiger partial charge is 0.468 e. The van der Waals surface area contributed by atoms with E-state index < -0.39 is 17.6 Å². The smallest absolute Gasteiger partial charge is 0.238 e. The number of carbonyl (C=O) groups excluding carboxylic acids is 2. The van der Waals surface area contributed by atoms with Gasteiger partial charge < -0.3 is 15.4 Å². The summed E-state index contributed by atoms with van der Waals surface area (Å²) in [5, 5.41) is 0. The lowest BCUT2D eigenvalue weighted by Crippen LogP contribution is -2.64. The van der Waals surface area contributed by atoms with Crippen molar-refractivity contribution in [2.75, 3.05) is 6.54 Å². The Balaban J connectivity index is 1.69. The molecule has 0 radical (unpaired) electrons. The van der Waals surface area contributed by atoms with Crippen molar-refractivity contribution in [3.63, 3.8) is 0 Å². The van der Waals surface area contributed by atoms with Crippen LogP contribution in [-0.4, -0.2) is 29.0 Å². The highest BCUT2D eigenvalue weighted by atomic mass is 16.5. The average molecular weight is 350 g/mol. The predicted octanol–water partition coefficient (Wildman–Crippen LogP) is 2.46. The Morgan fingerprint density at radius 1 is 1.19 bits per heavy atom. The van der Waals surface area contributed by atoms with Crippen LogP contribution in [0, 0.1) is 5.92 Å². The van der Waals surface area contributed by atoms with Gasteiger partial charge in [0.2, 0.25) is 11.8 Å². The number of nitrogens with two attached hydrogens (primary N) is 1. The number of hydrogen-bond acceptors (Lipinski definition) is 3. The summed E-state index contributed by atoms with van der Waals surface area (Å²) in [6, 6.07) is 17.6. The van der Waals surface area contributed by atoms with Gasteiger partial charge in [0.05, 0.1) is 0 Å². The van der Waals surface area contributed by atoms with Crippen LogP contribution < -0.4 is 10.5 Å². The highest BCUT2D eigenvalue weighted by Crippen LogP contribution is 2.49. The van der Waals surface area contributed by atoms with Gasteiger partial charge in [0.1, 0.15) is 11.7 Å². The Kier molecular flexibility index (Phi) is 3.94. The molecule has 0 aromatic heterocycles. The number of para-hydroxylation sites is 1. The number of rotatable bonds is 4. The van der Waals surface area contributed by atoms with Gasteiger partial charge in [-0.15, -0.1) is 0 Å². The van der Waals surface area contributed by atoms with Crippen molar-refractivity contribution in [2.24, 2.45) is 11.7 Å². The average Bonchev–Trinajstić information content (AvgIpc) is 2.61. The Morgan fingerprint density at radius 2 is 1.88 bits per heavy atom. The van der Waals surface area contributed by atoms with E-state index in [-0.39, 0.29) is 11.8 Å². The van der Waals surface area contributed by atoms with Crippen molar-refractivity contribution in [3.8, 4) is 5.75 Å². The molecule has 2 aromatic carbocycles. The van der Waals surface area contributed by atoms with Gasteiger partial charge in [-0.05, 0) is 30.5 Å². The van der Waals surface area contributed by atoms with Gasteiger partial charge >= 0.3 is 0 Å². The van der Waals surface area contributed by atoms with Crippen molar-refractivity contribution in [1.29, 1.82) is 0 Å². The number of hydrogen-bond donors (Lipinski definition) is 1. The van der Waals surface area contributed by atoms with Gasteiger partial charge in [-0.2, -0.15) is 0 Å². The van der Waals surface area contributed by atoms with E-state index in [4.69, 9.17) is 10.5 Å². The number of piperidine rings is 1. The van der Waals surface area contributed by atoms with Gasteiger partial charge in [0.15, 0.2) is 5.72 Å². The number of nitrogens with zero attached hydrogens (tertiary/aromatic N) is 1. The Morgan fingerprint density at radius 3 is 2.62 bits per heavy atom. The summed E-state index contributed by atoms with van der Waals surface area (Å²) in [6.45, 7) is 2.41. The third-order valence-electron chi connectivity index (χ3n) is 5.53. The molecule has 0 saturated carbocycles. The van der Waals surface area contributed by atoms with Crippen molar-refractivity contribution in [2.45, 2.75) is 31.4 Å². The van der Waals surface area contributed by atoms with E-state index in [2.05, 4.69) is 0 Å². The quantitative estimate of drug-likeness (QED) is 0.861. The minimum absolute atomic E-state index is 0.233. The van der Waals surface area contributed by atoms with Gasteiger partial charge in [0, 0.05) is 18.9 Å². The number of ether oxygens (including phenoxy) is 1. The number of fused-ring (bicyclic) bond motifs is 4. The zero-order valence-corrected chi connectivity index (χ0v) is 14.7. The second-order valence-corrected chi connectivity index (χ2v) is 7.23. The Bertz CT molecular complexity index is 851. The molecule has 2 bridgehead atoms. The van der Waals surface area contributed by atoms with Gasteiger partial charge in [-0.1, -0.05) is 48.5 Å². The van der Waals surface area contributed by atoms with Crippen molar-refractivity contribution < 1.29 is 14.3 Å². The van der Waals surface area contributed by atoms with Gasteiger partial charge in [0.25, 0.3) is 0 Å². The fourth-order valence-corrected chi connectivity index (χ4v) is 4.26. The lowest BCUT2D eigenvalue weighted by Gasteiger charge is -2.52. The molecule has 5 heteroatoms. The molecule has 5 nitrogen and oxygen atoms in total. The highest BCUT2D eigenvalue weighted by molar-refractivity contribution is 6.01. The fraction of sp³-hybridized carbons (Fsp3) is 0.333. The van der Waals surface area contributed by atoms with Crippen LogP contribution in [0.5, 0.6) is 5.75 Å². The van der Waals surface area contributed by atoms with Crippen molar-refractivity contribution >= 4 is 11.8 Å². The first kappa shape index (κ1) is 16.6. The molecule has 2 N–H and O–H groups in total. The third-order valence-corrected chi connectivity index (χ3v) is 5.53. The first-order valence-electron chi connectivity index (χ1n) is 8.92. The van der Waals surface area contributed by atoms with Crippen LogP contribution in [0.15, 0.2) is 54.6 Å². The van der Waals surface area contributed by atoms with E-state index in [0.29, 0.717) is 19.4 Å². The highest BCUT2D eigenvalue weighted by Gasteiger charge is 2.55. The van der Waals surface area contributed by atoms with Gasteiger partial charge in [-0.3, -0.25) is 9.59 Å². The van der Waals surface area contributed by atoms with Crippen molar-refractivity contribution in [1.82, 2.24) is 4.90 Å². The maximum atomic E-state index is 13.2. The minimum atomic E-state index is -0.844. The van der Waals surface area contributed by atoms with Crippen LogP contribution in [0.2, 0.25) is 0 Å². The zero-order chi connectivity index (χ0) is 18.3. The number of primary amides is 1. The summed E-state index contributed by atoms with van der Waals surface area (Å²) in [7, 11) is 0. The SMILES string of the molecule is CC12CC(c3ccccc3O1)C(C(N)=O)C(=O)N2CCc1ccccc1. The molecule has 0 spiro atoms. The molecule has 2 aliphatic rings. The third kappa shape index (κ3) is 2.64. The molecule has 0 aliphatic carbocycles. The van der Waals surface area contributed by atoms with Crippen LogP contribution in [-0.2, 0) is 16.0 Å². The van der Waals surface area contributed by atoms with Crippen LogP contribution >= 0.6 is 0 Å². The maximum Gasteiger partial charge on any atom is 0.238 e. The number of carbonyl (C=O) groups is 2. The lowest BCUT2D eigenvalue weighted by molar-refractivity contribution is -0.175. The normalized spacial score (nSPS) is 26.8. The van der Waals surface area contributed by atoms with Crippen LogP contribution in [0.4, 0.5) is 0 Å². The second kappa shape index (κ2) is 6.16. The first-order valence-corrected chi connectivity index (χ1v) is 8.92. The number of benzene rings is 2. The molecule has 3 atom stereocenters. The molecule has 134 valence electrons. The fourth-order valence-electron chi connectivity index (χ4n) is 4.26. The summed E-state index contributed by atoms with van der Waals surface area (Å²) in [5.74, 6) is -1.15. The van der Waals surface area contributed by atoms with Crippen LogP contribution in [0.25, 0.3) is 0 Å². The number of likely N-dealkylation sites (tertiary alicyclic amines) is 1. The lowest BCUT2D eigenvalue weighted by atomic mass is 9.73. The summed E-state index contributed by atoms with van der Waals surface area (Å²) in [5.41, 5.74) is 6.90. The minimum Gasteiger partial charge on any atom is -0.468 e. The molecule has 4 rings (SSSR count). The van der Waals surface area contributed by atoms with Crippen LogP contribution in [0.1, 0.15) is 30.4 Å². The van der Waals surface area contributed by atoms with E-state index in [1.54, 1.807) is 4.90 Å². The van der Waals surface area contributed by atoms with Gasteiger partial charge in [-0.25, -0.2) is 0 Å². The van der Waals surface area contributed by atoms with E-state index >= 15 is 0 Å². The molecular formula is C21H22N2O3. The first-order chi connectivity index (χ1) is 12.5. The standard InChI is InChI=1S/C21H22N2O3/c1-21-13-16(15-9-5-6-10-17(15)26-21)18(19(22)24)20(25)23(21)12-11-14-7-3-2-4-8-14/h2-10,16,18H,11-13H2,1H3,(H2,22,24). The molecule has 2 amide bonds. The Labute approximate surface area is 152 Å². The van der Waals surface area contributed by atoms with E-state index in [9.17, 15) is 9.59 Å². The molecule has 26 heavy (non-hydrogen) atoms. The Hall–Kier alpha value is -2.82. The molecule has 3 unspecified atom stereocenters. The molecule has 2 aromatic rings. The number of amides is 2. The predicted molar refractivity (Wildman–Crippen MR) is 97.4 cm³/mol. The molecule has 2 aliphatic heterocycles. The zero-order valence-electron chi connectivity index (χ0n) is 14.7. The van der Waals surface area contributed by atoms with Crippen molar-refractivity contribution in [3.05, 3.63) is 65.7 Å². The molecule has 1 saturated heterocycles. The van der Waals surface area contributed by atoms with E-state index in [0.717, 1.165) is 16.9 Å². The second-order valence-electron chi connectivity index (χ2n) is 7.23. The summed E-state index contributed by atoms with van der Waals surface area (Å²) >= 11 is 0. The summed E-state index contributed by atoms with van der Waals surface area (Å²) < 4.78 is 6.24. The molecule has 2 heterocycles. The maximum absolute atomic E-state index is 13.2. The topological polar surface area (TPSA) is 72.6 Å². The van der Waals surface area contributed by atoms with Crippen LogP contribution in [0.3, 0.4) is 0 Å². The summed E-state index contributed by atoms with van der Waals surface area (Å²) in [6.07, 6.45) is 1.27. The van der Waals surface area contributed by atoms with E-state index in [1.165, 1.54) is 0 Å². The monoisotopic (exact) mass is 350 g/mol.